The first-order valence-corrected chi connectivity index (χ1v) is 7.05. The molecule has 0 spiro atoms. The molecular formula is C16H22FN3. The lowest BCUT2D eigenvalue weighted by atomic mass is 10.1. The highest BCUT2D eigenvalue weighted by Gasteiger charge is 2.11. The number of nitrogens with zero attached hydrogens (tertiary/aromatic N) is 2. The Labute approximate surface area is 119 Å². The van der Waals surface area contributed by atoms with E-state index in [0.717, 1.165) is 24.3 Å². The van der Waals surface area contributed by atoms with Gasteiger partial charge in [0, 0.05) is 12.7 Å². The van der Waals surface area contributed by atoms with Crippen molar-refractivity contribution >= 4 is 0 Å². The van der Waals surface area contributed by atoms with Gasteiger partial charge in [-0.05, 0) is 37.1 Å². The maximum atomic E-state index is 13.0. The molecule has 2 rings (SSSR count). The van der Waals surface area contributed by atoms with E-state index in [0.29, 0.717) is 5.92 Å². The van der Waals surface area contributed by atoms with Crippen molar-refractivity contribution in [3.63, 3.8) is 0 Å². The van der Waals surface area contributed by atoms with Gasteiger partial charge in [-0.3, -0.25) is 0 Å². The Hall–Kier alpha value is -1.68. The van der Waals surface area contributed by atoms with Crippen LogP contribution in [0.5, 0.6) is 0 Å². The van der Waals surface area contributed by atoms with Crippen LogP contribution in [0.15, 0.2) is 36.8 Å². The lowest BCUT2D eigenvalue weighted by Crippen LogP contribution is -2.21. The average Bonchev–Trinajstić information content (AvgIpc) is 2.87. The van der Waals surface area contributed by atoms with Gasteiger partial charge < -0.3 is 9.88 Å². The van der Waals surface area contributed by atoms with Crippen LogP contribution in [-0.2, 0) is 6.54 Å². The molecule has 0 bridgehead atoms. The highest BCUT2D eigenvalue weighted by molar-refractivity contribution is 5.21. The van der Waals surface area contributed by atoms with Crippen LogP contribution >= 0.6 is 0 Å². The minimum Gasteiger partial charge on any atom is -0.326 e. The van der Waals surface area contributed by atoms with E-state index in [1.165, 1.54) is 12.1 Å². The predicted molar refractivity (Wildman–Crippen MR) is 79.0 cm³/mol. The summed E-state index contributed by atoms with van der Waals surface area (Å²) in [6, 6.07) is 6.80. The van der Waals surface area contributed by atoms with Gasteiger partial charge in [0.05, 0.1) is 18.1 Å². The minimum absolute atomic E-state index is 0.147. The summed E-state index contributed by atoms with van der Waals surface area (Å²) in [6.07, 6.45) is 3.72. The molecule has 1 aromatic carbocycles. The zero-order valence-electron chi connectivity index (χ0n) is 12.3. The molecule has 0 aliphatic rings. The molecule has 0 radical (unpaired) electrons. The van der Waals surface area contributed by atoms with Crippen LogP contribution < -0.4 is 5.32 Å². The third-order valence-electron chi connectivity index (χ3n) is 3.37. The molecule has 1 atom stereocenters. The molecule has 0 aliphatic heterocycles. The second-order valence-corrected chi connectivity index (χ2v) is 5.54. The van der Waals surface area contributed by atoms with Crippen LogP contribution in [0.2, 0.25) is 0 Å². The summed E-state index contributed by atoms with van der Waals surface area (Å²) < 4.78 is 15.1. The van der Waals surface area contributed by atoms with Gasteiger partial charge in [0.2, 0.25) is 0 Å². The SMILES string of the molecule is CC(C)CNCc1cncn1C(C)c1ccc(F)cc1. The first kappa shape index (κ1) is 14.7. The Morgan fingerprint density at radius 2 is 1.90 bits per heavy atom. The number of nitrogens with one attached hydrogen (secondary N) is 1. The predicted octanol–water partition coefficient (Wildman–Crippen LogP) is 3.38. The van der Waals surface area contributed by atoms with Gasteiger partial charge in [0.1, 0.15) is 5.82 Å². The first-order valence-electron chi connectivity index (χ1n) is 7.05. The summed E-state index contributed by atoms with van der Waals surface area (Å²) in [4.78, 5) is 4.23. The molecule has 20 heavy (non-hydrogen) atoms. The monoisotopic (exact) mass is 275 g/mol. The Morgan fingerprint density at radius 3 is 2.55 bits per heavy atom. The normalized spacial score (nSPS) is 12.8. The fourth-order valence-electron chi connectivity index (χ4n) is 2.21. The van der Waals surface area contributed by atoms with Crippen molar-refractivity contribution in [1.29, 1.82) is 0 Å². The third-order valence-corrected chi connectivity index (χ3v) is 3.37. The molecule has 1 N–H and O–H groups in total. The molecular weight excluding hydrogens is 253 g/mol. The van der Waals surface area contributed by atoms with Crippen LogP contribution in [0.25, 0.3) is 0 Å². The fourth-order valence-corrected chi connectivity index (χ4v) is 2.21. The van der Waals surface area contributed by atoms with Gasteiger partial charge in [0.15, 0.2) is 0 Å². The highest BCUT2D eigenvalue weighted by Crippen LogP contribution is 2.19. The molecule has 0 amide bonds. The van der Waals surface area contributed by atoms with E-state index in [9.17, 15) is 4.39 Å². The first-order chi connectivity index (χ1) is 9.58. The molecule has 1 aromatic heterocycles. The molecule has 2 aromatic rings. The van der Waals surface area contributed by atoms with Crippen LogP contribution in [0.1, 0.15) is 38.1 Å². The quantitative estimate of drug-likeness (QED) is 0.876. The van der Waals surface area contributed by atoms with Crippen molar-refractivity contribution in [2.75, 3.05) is 6.54 Å². The number of hydrogen-bond donors (Lipinski definition) is 1. The van der Waals surface area contributed by atoms with E-state index in [4.69, 9.17) is 0 Å². The molecule has 0 fully saturated rings. The Balaban J connectivity index is 2.08. The van der Waals surface area contributed by atoms with Gasteiger partial charge in [-0.25, -0.2) is 9.37 Å². The summed E-state index contributed by atoms with van der Waals surface area (Å²) in [5, 5.41) is 3.42. The smallest absolute Gasteiger partial charge is 0.123 e. The van der Waals surface area contributed by atoms with Crippen molar-refractivity contribution in [2.45, 2.75) is 33.4 Å². The maximum absolute atomic E-state index is 13.0. The highest BCUT2D eigenvalue weighted by atomic mass is 19.1. The van der Waals surface area contributed by atoms with E-state index >= 15 is 0 Å². The van der Waals surface area contributed by atoms with Crippen molar-refractivity contribution in [3.05, 3.63) is 53.9 Å². The Kier molecular flexibility index (Phi) is 4.90. The summed E-state index contributed by atoms with van der Waals surface area (Å²) >= 11 is 0. The number of halogens is 1. The second-order valence-electron chi connectivity index (χ2n) is 5.54. The lowest BCUT2D eigenvalue weighted by molar-refractivity contribution is 0.525. The largest absolute Gasteiger partial charge is 0.326 e. The van der Waals surface area contributed by atoms with Crippen LogP contribution in [0.3, 0.4) is 0 Å². The summed E-state index contributed by atoms with van der Waals surface area (Å²) in [6.45, 7) is 8.25. The topological polar surface area (TPSA) is 29.9 Å². The molecule has 1 unspecified atom stereocenters. The molecule has 1 heterocycles. The maximum Gasteiger partial charge on any atom is 0.123 e. The summed E-state index contributed by atoms with van der Waals surface area (Å²) in [5.41, 5.74) is 2.22. The number of rotatable bonds is 6. The molecule has 0 saturated carbocycles. The Morgan fingerprint density at radius 1 is 1.20 bits per heavy atom. The van der Waals surface area contributed by atoms with Crippen LogP contribution in [0, 0.1) is 11.7 Å². The van der Waals surface area contributed by atoms with E-state index in [1.807, 2.05) is 24.7 Å². The zero-order chi connectivity index (χ0) is 14.5. The van der Waals surface area contributed by atoms with Crippen LogP contribution in [0.4, 0.5) is 4.39 Å². The molecule has 0 saturated heterocycles. The molecule has 0 aliphatic carbocycles. The van der Waals surface area contributed by atoms with Crippen molar-refractivity contribution in [1.82, 2.24) is 14.9 Å². The second kappa shape index (κ2) is 6.66. The fraction of sp³-hybridized carbons (Fsp3) is 0.438. The molecule has 108 valence electrons. The minimum atomic E-state index is -0.203. The number of hydrogen-bond acceptors (Lipinski definition) is 2. The zero-order valence-corrected chi connectivity index (χ0v) is 12.3. The molecule has 3 nitrogen and oxygen atoms in total. The van der Waals surface area contributed by atoms with Crippen LogP contribution in [-0.4, -0.2) is 16.1 Å². The van der Waals surface area contributed by atoms with E-state index in [1.54, 1.807) is 0 Å². The van der Waals surface area contributed by atoms with E-state index in [2.05, 4.69) is 35.6 Å². The number of aromatic nitrogens is 2. The molecule has 4 heteroatoms. The number of imidazole rings is 1. The van der Waals surface area contributed by atoms with Gasteiger partial charge in [-0.15, -0.1) is 0 Å². The Bertz CT molecular complexity index is 531. The standard InChI is InChI=1S/C16H22FN3/c1-12(2)8-18-9-16-10-19-11-20(16)13(3)14-4-6-15(17)7-5-14/h4-7,10-13,18H,8-9H2,1-3H3. The summed E-state index contributed by atoms with van der Waals surface area (Å²) in [7, 11) is 0. The van der Waals surface area contributed by atoms with Crippen molar-refractivity contribution < 1.29 is 4.39 Å². The van der Waals surface area contributed by atoms with E-state index in [-0.39, 0.29) is 11.9 Å². The van der Waals surface area contributed by atoms with Gasteiger partial charge in [-0.1, -0.05) is 26.0 Å². The number of benzene rings is 1. The third kappa shape index (κ3) is 3.67. The summed E-state index contributed by atoms with van der Waals surface area (Å²) in [5.74, 6) is 0.422. The van der Waals surface area contributed by atoms with Crippen molar-refractivity contribution in [3.8, 4) is 0 Å². The average molecular weight is 275 g/mol. The van der Waals surface area contributed by atoms with Crippen molar-refractivity contribution in [2.24, 2.45) is 5.92 Å². The van der Waals surface area contributed by atoms with Gasteiger partial charge in [-0.2, -0.15) is 0 Å². The van der Waals surface area contributed by atoms with E-state index < -0.39 is 0 Å². The lowest BCUT2D eigenvalue weighted by Gasteiger charge is -2.17. The van der Waals surface area contributed by atoms with Gasteiger partial charge >= 0.3 is 0 Å². The van der Waals surface area contributed by atoms with Gasteiger partial charge in [0.25, 0.3) is 0 Å².